The van der Waals surface area contributed by atoms with E-state index >= 15 is 0 Å². The molecule has 45 heavy (non-hydrogen) atoms. The Bertz CT molecular complexity index is 1380. The SMILES string of the molecule is CC(C)Oc1ccc(C2=NC3(CCC(C(C)(C)C)CC3)N(C(CCC(C)(C)C)c3ccc(CNCC(=N)N)cc3)C2=O)cc1Cl. The van der Waals surface area contributed by atoms with Crippen LogP contribution in [0.25, 0.3) is 0 Å². The summed E-state index contributed by atoms with van der Waals surface area (Å²) in [7, 11) is 0. The van der Waals surface area contributed by atoms with Crippen molar-refractivity contribution in [2.45, 2.75) is 118 Å². The van der Waals surface area contributed by atoms with Gasteiger partial charge in [-0.2, -0.15) is 0 Å². The van der Waals surface area contributed by atoms with Crippen molar-refractivity contribution in [3.63, 3.8) is 0 Å². The average Bonchev–Trinajstić information content (AvgIpc) is 3.20. The molecule has 1 saturated carbocycles. The molecule has 1 unspecified atom stereocenters. The van der Waals surface area contributed by atoms with E-state index in [0.717, 1.165) is 55.2 Å². The number of carbonyl (C=O) groups is 1. The molecule has 0 bridgehead atoms. The molecule has 4 rings (SSSR count). The molecular formula is C37H54ClN5O2. The largest absolute Gasteiger partial charge is 0.489 e. The minimum absolute atomic E-state index is 0.00422. The summed E-state index contributed by atoms with van der Waals surface area (Å²) in [5, 5.41) is 11.2. The first-order chi connectivity index (χ1) is 21.0. The molecule has 2 aromatic carbocycles. The Kier molecular flexibility index (Phi) is 10.8. The highest BCUT2D eigenvalue weighted by Crippen LogP contribution is 2.50. The lowest BCUT2D eigenvalue weighted by Crippen LogP contribution is -2.51. The Hall–Kier alpha value is -2.90. The first-order valence-corrected chi connectivity index (χ1v) is 16.9. The highest BCUT2D eigenvalue weighted by Gasteiger charge is 2.52. The summed E-state index contributed by atoms with van der Waals surface area (Å²) in [4.78, 5) is 22.2. The van der Waals surface area contributed by atoms with Gasteiger partial charge >= 0.3 is 0 Å². The molecule has 1 fully saturated rings. The topological polar surface area (TPSA) is 104 Å². The second-order valence-corrected chi connectivity index (χ2v) is 16.0. The van der Waals surface area contributed by atoms with E-state index in [1.165, 1.54) is 0 Å². The number of hydrogen-bond acceptors (Lipinski definition) is 5. The number of aliphatic imine (C=N–C) groups is 1. The van der Waals surface area contributed by atoms with Crippen LogP contribution in [-0.4, -0.2) is 40.7 Å². The van der Waals surface area contributed by atoms with Crippen LogP contribution in [0, 0.1) is 22.2 Å². The third-order valence-electron chi connectivity index (χ3n) is 9.26. The molecule has 4 N–H and O–H groups in total. The second-order valence-electron chi connectivity index (χ2n) is 15.6. The molecule has 8 heteroatoms. The Morgan fingerprint density at radius 1 is 1.11 bits per heavy atom. The maximum Gasteiger partial charge on any atom is 0.275 e. The van der Waals surface area contributed by atoms with Gasteiger partial charge in [0.1, 0.15) is 23.0 Å². The summed E-state index contributed by atoms with van der Waals surface area (Å²) in [6, 6.07) is 14.0. The van der Waals surface area contributed by atoms with Crippen LogP contribution in [0.2, 0.25) is 5.02 Å². The fraction of sp³-hybridized carbons (Fsp3) is 0.595. The Labute approximate surface area is 275 Å². The minimum atomic E-state index is -0.599. The molecule has 0 saturated heterocycles. The molecule has 1 aliphatic carbocycles. The molecule has 1 spiro atoms. The van der Waals surface area contributed by atoms with Crippen molar-refractivity contribution in [2.75, 3.05) is 6.54 Å². The van der Waals surface area contributed by atoms with Crippen LogP contribution in [0.15, 0.2) is 47.5 Å². The van der Waals surface area contributed by atoms with E-state index in [-0.39, 0.29) is 34.7 Å². The summed E-state index contributed by atoms with van der Waals surface area (Å²) in [5.41, 5.74) is 8.70. The standard InChI is InChI=1S/C37H54ClN5O2/c1-24(2)45-31-14-13-27(21-29(31)38)33-34(44)43(37(42-33)19-15-28(16-20-37)36(6,7)8)30(17-18-35(3,4)5)26-11-9-25(10-12-26)22-41-23-32(39)40/h9-14,21,24,28,30,41H,15-20,22-23H2,1-8H3,(H3,39,40). The molecular weight excluding hydrogens is 582 g/mol. The van der Waals surface area contributed by atoms with Gasteiger partial charge in [-0.25, -0.2) is 0 Å². The van der Waals surface area contributed by atoms with Crippen LogP contribution < -0.4 is 15.8 Å². The van der Waals surface area contributed by atoms with E-state index < -0.39 is 5.66 Å². The van der Waals surface area contributed by atoms with E-state index in [0.29, 0.717) is 35.5 Å². The monoisotopic (exact) mass is 635 g/mol. The highest BCUT2D eigenvalue weighted by molar-refractivity contribution is 6.47. The zero-order valence-electron chi connectivity index (χ0n) is 28.6. The van der Waals surface area contributed by atoms with Crippen molar-refractivity contribution in [2.24, 2.45) is 27.5 Å². The predicted molar refractivity (Wildman–Crippen MR) is 186 cm³/mol. The smallest absolute Gasteiger partial charge is 0.275 e. The minimum Gasteiger partial charge on any atom is -0.489 e. The van der Waals surface area contributed by atoms with Crippen LogP contribution in [-0.2, 0) is 11.3 Å². The van der Waals surface area contributed by atoms with Crippen molar-refractivity contribution in [1.29, 1.82) is 5.41 Å². The van der Waals surface area contributed by atoms with Crippen molar-refractivity contribution >= 4 is 29.1 Å². The fourth-order valence-corrected chi connectivity index (χ4v) is 6.97. The van der Waals surface area contributed by atoms with Crippen LogP contribution in [0.1, 0.15) is 117 Å². The number of nitrogens with two attached hydrogens (primary N) is 1. The van der Waals surface area contributed by atoms with E-state index in [4.69, 9.17) is 32.5 Å². The number of benzene rings is 2. The van der Waals surface area contributed by atoms with Crippen LogP contribution in [0.4, 0.5) is 0 Å². The maximum atomic E-state index is 14.7. The van der Waals surface area contributed by atoms with Crippen molar-refractivity contribution < 1.29 is 9.53 Å². The van der Waals surface area contributed by atoms with Gasteiger partial charge in [0.15, 0.2) is 0 Å². The van der Waals surface area contributed by atoms with Gasteiger partial charge in [0, 0.05) is 12.1 Å². The van der Waals surface area contributed by atoms with E-state index in [9.17, 15) is 4.79 Å². The average molecular weight is 636 g/mol. The number of halogens is 1. The summed E-state index contributed by atoms with van der Waals surface area (Å²) < 4.78 is 5.88. The molecule has 2 aromatic rings. The Morgan fingerprint density at radius 3 is 2.29 bits per heavy atom. The van der Waals surface area contributed by atoms with Gasteiger partial charge in [-0.05, 0) is 98.4 Å². The lowest BCUT2D eigenvalue weighted by Gasteiger charge is -2.47. The number of ether oxygens (including phenoxy) is 1. The van der Waals surface area contributed by atoms with Gasteiger partial charge in [-0.1, -0.05) is 77.4 Å². The van der Waals surface area contributed by atoms with Crippen molar-refractivity contribution in [1.82, 2.24) is 10.2 Å². The quantitative estimate of drug-likeness (QED) is 0.171. The molecule has 0 radical (unpaired) electrons. The third-order valence-corrected chi connectivity index (χ3v) is 9.55. The number of nitrogens with zero attached hydrogens (tertiary/aromatic N) is 2. The molecule has 2 aliphatic rings. The summed E-state index contributed by atoms with van der Waals surface area (Å²) in [6.45, 7) is 18.7. The van der Waals surface area contributed by atoms with Crippen LogP contribution in [0.5, 0.6) is 5.75 Å². The normalized spacial score (nSPS) is 21.4. The van der Waals surface area contributed by atoms with Gasteiger partial charge in [0.05, 0.1) is 23.7 Å². The number of rotatable bonds is 11. The maximum absolute atomic E-state index is 14.7. The molecule has 0 aromatic heterocycles. The summed E-state index contributed by atoms with van der Waals surface area (Å²) in [6.07, 6.45) is 5.53. The number of nitrogens with one attached hydrogen (secondary N) is 2. The Balaban J connectivity index is 1.75. The van der Waals surface area contributed by atoms with Gasteiger partial charge in [0.25, 0.3) is 5.91 Å². The lowest BCUT2D eigenvalue weighted by molar-refractivity contribution is -0.134. The Morgan fingerprint density at radius 2 is 1.76 bits per heavy atom. The third kappa shape index (κ3) is 8.68. The lowest BCUT2D eigenvalue weighted by atomic mass is 9.69. The second kappa shape index (κ2) is 13.8. The zero-order chi connectivity index (χ0) is 33.2. The van der Waals surface area contributed by atoms with Crippen LogP contribution >= 0.6 is 11.6 Å². The van der Waals surface area contributed by atoms with Gasteiger partial charge in [0.2, 0.25) is 0 Å². The fourth-order valence-electron chi connectivity index (χ4n) is 6.74. The number of hydrogen-bond donors (Lipinski definition) is 3. The number of carbonyl (C=O) groups excluding carboxylic acids is 1. The van der Waals surface area contributed by atoms with E-state index in [1.807, 2.05) is 32.0 Å². The van der Waals surface area contributed by atoms with Gasteiger partial charge in [-0.15, -0.1) is 0 Å². The van der Waals surface area contributed by atoms with Crippen LogP contribution in [0.3, 0.4) is 0 Å². The number of amidine groups is 1. The van der Waals surface area contributed by atoms with E-state index in [1.54, 1.807) is 0 Å². The molecule has 1 heterocycles. The molecule has 246 valence electrons. The van der Waals surface area contributed by atoms with Gasteiger partial charge < -0.3 is 20.7 Å². The van der Waals surface area contributed by atoms with Gasteiger partial charge in [-0.3, -0.25) is 15.2 Å². The predicted octanol–water partition coefficient (Wildman–Crippen LogP) is 8.28. The van der Waals surface area contributed by atoms with E-state index in [2.05, 4.69) is 76.0 Å². The van der Waals surface area contributed by atoms with Crippen molar-refractivity contribution in [3.8, 4) is 5.75 Å². The first kappa shape index (κ1) is 35.0. The molecule has 1 atom stereocenters. The first-order valence-electron chi connectivity index (χ1n) is 16.5. The summed E-state index contributed by atoms with van der Waals surface area (Å²) in [5.74, 6) is 1.28. The highest BCUT2D eigenvalue weighted by atomic mass is 35.5. The number of amides is 1. The molecule has 1 amide bonds. The zero-order valence-corrected chi connectivity index (χ0v) is 29.4. The van der Waals surface area contributed by atoms with Crippen molar-refractivity contribution in [3.05, 3.63) is 64.2 Å². The summed E-state index contributed by atoms with van der Waals surface area (Å²) >= 11 is 6.68. The molecule has 7 nitrogen and oxygen atoms in total. The molecule has 1 aliphatic heterocycles.